The summed E-state index contributed by atoms with van der Waals surface area (Å²) in [5, 5.41) is 0. The molecule has 0 bridgehead atoms. The van der Waals surface area contributed by atoms with Crippen LogP contribution in [0, 0.1) is 0 Å². The van der Waals surface area contributed by atoms with Gasteiger partial charge in [-0.1, -0.05) is 69.2 Å². The zero-order chi connectivity index (χ0) is 17.4. The minimum atomic E-state index is 0.851. The summed E-state index contributed by atoms with van der Waals surface area (Å²) in [6, 6.07) is 16.4. The summed E-state index contributed by atoms with van der Waals surface area (Å²) in [5.41, 5.74) is 0. The number of hydrogen-bond acceptors (Lipinski definition) is 1. The number of benzene rings is 1. The molecule has 0 radical (unpaired) electrons. The number of ether oxygens (including phenoxy) is 1. The Balaban J connectivity index is 1.30. The van der Waals surface area contributed by atoms with Gasteiger partial charge < -0.3 is 4.74 Å². The number of nitrogens with zero attached hydrogens (tertiary/aromatic N) is 1. The van der Waals surface area contributed by atoms with Crippen LogP contribution >= 0.6 is 0 Å². The lowest BCUT2D eigenvalue weighted by molar-refractivity contribution is -0.697. The number of unbranched alkanes of at least 4 members (excludes halogenated alkanes) is 9. The average molecular weight is 341 g/mol. The van der Waals surface area contributed by atoms with E-state index in [9.17, 15) is 0 Å². The topological polar surface area (TPSA) is 13.1 Å². The number of aryl methyl sites for hydroxylation is 1. The maximum absolute atomic E-state index is 5.72. The van der Waals surface area contributed by atoms with Crippen molar-refractivity contribution in [2.45, 2.75) is 70.8 Å². The lowest BCUT2D eigenvalue weighted by Crippen LogP contribution is -2.32. The molecule has 2 rings (SSSR count). The molecule has 0 spiro atoms. The van der Waals surface area contributed by atoms with Gasteiger partial charge in [0.1, 0.15) is 12.3 Å². The molecule has 0 aliphatic rings. The number of pyridine rings is 1. The smallest absolute Gasteiger partial charge is 0.168 e. The van der Waals surface area contributed by atoms with Crippen LogP contribution in [0.15, 0.2) is 60.9 Å². The van der Waals surface area contributed by atoms with Gasteiger partial charge in [-0.3, -0.25) is 0 Å². The molecule has 1 aromatic carbocycles. The maximum atomic E-state index is 5.72. The van der Waals surface area contributed by atoms with Crippen LogP contribution in [-0.4, -0.2) is 6.61 Å². The predicted octanol–water partition coefficient (Wildman–Crippen LogP) is 5.95. The zero-order valence-corrected chi connectivity index (χ0v) is 15.6. The molecule has 0 N–H and O–H groups in total. The van der Waals surface area contributed by atoms with E-state index in [4.69, 9.17) is 4.74 Å². The first-order valence-corrected chi connectivity index (χ1v) is 10.1. The van der Waals surface area contributed by atoms with E-state index in [0.717, 1.165) is 18.9 Å². The Bertz CT molecular complexity index is 477. The molecule has 2 aromatic rings. The minimum Gasteiger partial charge on any atom is -0.494 e. The molecule has 2 heteroatoms. The minimum absolute atomic E-state index is 0.851. The Labute approximate surface area is 153 Å². The van der Waals surface area contributed by atoms with Gasteiger partial charge in [-0.05, 0) is 25.0 Å². The highest BCUT2D eigenvalue weighted by atomic mass is 16.5. The molecular weight excluding hydrogens is 306 g/mol. The van der Waals surface area contributed by atoms with Crippen LogP contribution < -0.4 is 9.30 Å². The summed E-state index contributed by atoms with van der Waals surface area (Å²) in [6.07, 6.45) is 17.8. The van der Waals surface area contributed by atoms with E-state index in [1.165, 1.54) is 64.2 Å². The van der Waals surface area contributed by atoms with Crippen molar-refractivity contribution < 1.29 is 9.30 Å². The number of rotatable bonds is 14. The molecule has 0 aliphatic carbocycles. The largest absolute Gasteiger partial charge is 0.494 e. The Morgan fingerprint density at radius 2 is 1.08 bits per heavy atom. The maximum Gasteiger partial charge on any atom is 0.168 e. The fourth-order valence-electron chi connectivity index (χ4n) is 3.10. The van der Waals surface area contributed by atoms with Crippen LogP contribution in [0.2, 0.25) is 0 Å². The molecule has 25 heavy (non-hydrogen) atoms. The highest BCUT2D eigenvalue weighted by molar-refractivity contribution is 5.20. The molecule has 0 saturated carbocycles. The van der Waals surface area contributed by atoms with E-state index < -0.39 is 0 Å². The highest BCUT2D eigenvalue weighted by Gasteiger charge is 1.98. The summed E-state index contributed by atoms with van der Waals surface area (Å²) in [6.45, 7) is 2.01. The van der Waals surface area contributed by atoms with Crippen molar-refractivity contribution >= 4 is 0 Å². The van der Waals surface area contributed by atoms with Crippen molar-refractivity contribution in [3.05, 3.63) is 60.9 Å². The number of para-hydroxylation sites is 1. The third-order valence-electron chi connectivity index (χ3n) is 4.60. The lowest BCUT2D eigenvalue weighted by Gasteiger charge is -2.05. The monoisotopic (exact) mass is 340 g/mol. The molecule has 1 heterocycles. The summed E-state index contributed by atoms with van der Waals surface area (Å²) < 4.78 is 8.00. The van der Waals surface area contributed by atoms with Crippen LogP contribution in [0.1, 0.15) is 64.2 Å². The molecule has 0 amide bonds. The molecular formula is C23H34NO+. The average Bonchev–Trinajstić information content (AvgIpc) is 2.67. The quantitative estimate of drug-likeness (QED) is 0.306. The van der Waals surface area contributed by atoms with E-state index in [-0.39, 0.29) is 0 Å². The molecule has 0 fully saturated rings. The third kappa shape index (κ3) is 9.91. The van der Waals surface area contributed by atoms with Gasteiger partial charge in [-0.15, -0.1) is 0 Å². The van der Waals surface area contributed by atoms with Crippen molar-refractivity contribution in [1.82, 2.24) is 0 Å². The molecule has 0 saturated heterocycles. The summed E-state index contributed by atoms with van der Waals surface area (Å²) in [7, 11) is 0. The molecule has 0 aliphatic heterocycles. The second kappa shape index (κ2) is 13.5. The van der Waals surface area contributed by atoms with Crippen molar-refractivity contribution in [3.63, 3.8) is 0 Å². The van der Waals surface area contributed by atoms with Gasteiger partial charge in [0.2, 0.25) is 0 Å². The van der Waals surface area contributed by atoms with Gasteiger partial charge >= 0.3 is 0 Å². The molecule has 0 atom stereocenters. The molecule has 1 aromatic heterocycles. The summed E-state index contributed by atoms with van der Waals surface area (Å²) >= 11 is 0. The third-order valence-corrected chi connectivity index (χ3v) is 4.60. The fraction of sp³-hybridized carbons (Fsp3) is 0.522. The van der Waals surface area contributed by atoms with E-state index in [0.29, 0.717) is 0 Å². The second-order valence-corrected chi connectivity index (χ2v) is 6.81. The van der Waals surface area contributed by atoms with Gasteiger partial charge in [-0.2, -0.15) is 0 Å². The summed E-state index contributed by atoms with van der Waals surface area (Å²) in [5.74, 6) is 0.994. The van der Waals surface area contributed by atoms with Crippen LogP contribution in [-0.2, 0) is 6.54 Å². The highest BCUT2D eigenvalue weighted by Crippen LogP contribution is 2.12. The van der Waals surface area contributed by atoms with Gasteiger partial charge in [0.05, 0.1) is 6.61 Å². The molecule has 0 unspecified atom stereocenters. The Hall–Kier alpha value is -1.83. The molecule has 136 valence electrons. The van der Waals surface area contributed by atoms with E-state index in [1.807, 2.05) is 30.3 Å². The van der Waals surface area contributed by atoms with Crippen LogP contribution in [0.5, 0.6) is 5.75 Å². The Kier molecular flexibility index (Phi) is 10.5. The first-order valence-electron chi connectivity index (χ1n) is 10.1. The number of hydrogen-bond donors (Lipinski definition) is 0. The lowest BCUT2D eigenvalue weighted by atomic mass is 10.1. The Morgan fingerprint density at radius 1 is 0.560 bits per heavy atom. The van der Waals surface area contributed by atoms with E-state index in [2.05, 4.69) is 35.2 Å². The number of aromatic nitrogens is 1. The van der Waals surface area contributed by atoms with Crippen molar-refractivity contribution in [3.8, 4) is 5.75 Å². The van der Waals surface area contributed by atoms with Crippen molar-refractivity contribution in [2.24, 2.45) is 0 Å². The van der Waals surface area contributed by atoms with Crippen LogP contribution in [0.3, 0.4) is 0 Å². The SMILES string of the molecule is c1ccc(OCCCCCCCCCCCC[n+]2ccccc2)cc1. The van der Waals surface area contributed by atoms with E-state index in [1.54, 1.807) is 0 Å². The van der Waals surface area contributed by atoms with Crippen molar-refractivity contribution in [2.75, 3.05) is 6.61 Å². The first kappa shape index (κ1) is 19.5. The summed E-state index contributed by atoms with van der Waals surface area (Å²) in [4.78, 5) is 0. The zero-order valence-electron chi connectivity index (χ0n) is 15.6. The van der Waals surface area contributed by atoms with Gasteiger partial charge in [0, 0.05) is 18.6 Å². The van der Waals surface area contributed by atoms with Gasteiger partial charge in [0.25, 0.3) is 0 Å². The van der Waals surface area contributed by atoms with E-state index >= 15 is 0 Å². The van der Waals surface area contributed by atoms with Crippen LogP contribution in [0.25, 0.3) is 0 Å². The molecule has 2 nitrogen and oxygen atoms in total. The fourth-order valence-corrected chi connectivity index (χ4v) is 3.10. The van der Waals surface area contributed by atoms with Crippen LogP contribution in [0.4, 0.5) is 0 Å². The first-order chi connectivity index (χ1) is 12.4. The predicted molar refractivity (Wildman–Crippen MR) is 105 cm³/mol. The second-order valence-electron chi connectivity index (χ2n) is 6.81. The Morgan fingerprint density at radius 3 is 1.72 bits per heavy atom. The van der Waals surface area contributed by atoms with Gasteiger partial charge in [0.15, 0.2) is 12.4 Å². The van der Waals surface area contributed by atoms with Gasteiger partial charge in [-0.25, -0.2) is 4.57 Å². The van der Waals surface area contributed by atoms with Crippen molar-refractivity contribution in [1.29, 1.82) is 0 Å². The normalized spacial score (nSPS) is 10.7. The standard InChI is InChI=1S/C23H34NO/c1(3-5-7-13-19-24-20-14-10-15-21-24)2-4-6-8-16-22-25-23-17-11-9-12-18-23/h9-12,14-15,17-18,20-21H,1-8,13,16,19,22H2/q+1.